The molecule has 0 aliphatic carbocycles. The van der Waals surface area contributed by atoms with Gasteiger partial charge in [-0.2, -0.15) is 0 Å². The van der Waals surface area contributed by atoms with Crippen LogP contribution in [-0.2, 0) is 6.42 Å². The fourth-order valence-corrected chi connectivity index (χ4v) is 1.41. The summed E-state index contributed by atoms with van der Waals surface area (Å²) in [5.41, 5.74) is 2.51. The highest BCUT2D eigenvalue weighted by molar-refractivity contribution is 5.36. The highest BCUT2D eigenvalue weighted by atomic mass is 19.1. The molecule has 94 valence electrons. The van der Waals surface area contributed by atoms with Crippen LogP contribution in [0, 0.1) is 12.7 Å². The van der Waals surface area contributed by atoms with Crippen molar-refractivity contribution in [3.8, 4) is 5.75 Å². The second-order valence-electron chi connectivity index (χ2n) is 4.33. The Labute approximate surface area is 103 Å². The molecule has 0 spiro atoms. The molecule has 0 atom stereocenters. The number of likely N-dealkylation sites (N-methyl/N-ethyl adjacent to an activating group) is 1. The molecule has 0 unspecified atom stereocenters. The molecule has 0 saturated carbocycles. The van der Waals surface area contributed by atoms with Crippen molar-refractivity contribution in [1.29, 1.82) is 0 Å². The van der Waals surface area contributed by atoms with E-state index >= 15 is 0 Å². The number of hydrogen-bond acceptors (Lipinski definition) is 2. The minimum atomic E-state index is -0.284. The normalized spacial score (nSPS) is 10.2. The Morgan fingerprint density at radius 3 is 2.59 bits per heavy atom. The van der Waals surface area contributed by atoms with Gasteiger partial charge >= 0.3 is 0 Å². The van der Waals surface area contributed by atoms with Crippen molar-refractivity contribution in [1.82, 2.24) is 4.90 Å². The van der Waals surface area contributed by atoms with Crippen molar-refractivity contribution in [3.05, 3.63) is 41.4 Å². The van der Waals surface area contributed by atoms with Crippen LogP contribution in [0.2, 0.25) is 0 Å². The fourth-order valence-electron chi connectivity index (χ4n) is 1.41. The SMILES string of the molecule is C=C(COc1cc(CC)cc(C)c1F)N(C)C. The van der Waals surface area contributed by atoms with E-state index in [4.69, 9.17) is 4.74 Å². The Morgan fingerprint density at radius 1 is 1.41 bits per heavy atom. The number of ether oxygens (including phenoxy) is 1. The molecule has 2 nitrogen and oxygen atoms in total. The molecule has 0 saturated heterocycles. The highest BCUT2D eigenvalue weighted by Gasteiger charge is 2.09. The molecule has 0 fully saturated rings. The number of rotatable bonds is 5. The van der Waals surface area contributed by atoms with E-state index < -0.39 is 0 Å². The first kappa shape index (κ1) is 13.6. The molecule has 3 heteroatoms. The molecule has 0 heterocycles. The number of halogens is 1. The lowest BCUT2D eigenvalue weighted by molar-refractivity contribution is 0.296. The zero-order chi connectivity index (χ0) is 13.0. The Kier molecular flexibility index (Phi) is 4.55. The molecular formula is C14H20FNO. The molecule has 0 aliphatic rings. The highest BCUT2D eigenvalue weighted by Crippen LogP contribution is 2.23. The van der Waals surface area contributed by atoms with Crippen LogP contribution in [0.15, 0.2) is 24.4 Å². The fraction of sp³-hybridized carbons (Fsp3) is 0.429. The van der Waals surface area contributed by atoms with E-state index in [1.54, 1.807) is 13.0 Å². The standard InChI is InChI=1S/C14H20FNO/c1-6-12-7-10(2)14(15)13(8-12)17-9-11(3)16(4)5/h7-8H,3,6,9H2,1-2,4-5H3. The van der Waals surface area contributed by atoms with Crippen LogP contribution in [0.25, 0.3) is 0 Å². The molecule has 1 aromatic carbocycles. The summed E-state index contributed by atoms with van der Waals surface area (Å²) in [6.45, 7) is 7.93. The van der Waals surface area contributed by atoms with Crippen LogP contribution in [0.4, 0.5) is 4.39 Å². The number of benzene rings is 1. The second-order valence-corrected chi connectivity index (χ2v) is 4.33. The number of hydrogen-bond donors (Lipinski definition) is 0. The molecule has 0 N–H and O–H groups in total. The minimum Gasteiger partial charge on any atom is -0.484 e. The average Bonchev–Trinajstić information content (AvgIpc) is 2.30. The second kappa shape index (κ2) is 5.71. The minimum absolute atomic E-state index is 0.284. The maximum atomic E-state index is 13.8. The maximum Gasteiger partial charge on any atom is 0.167 e. The largest absolute Gasteiger partial charge is 0.484 e. The molecule has 0 amide bonds. The summed E-state index contributed by atoms with van der Waals surface area (Å²) in [6, 6.07) is 3.61. The van der Waals surface area contributed by atoms with E-state index in [9.17, 15) is 4.39 Å². The molecule has 1 aromatic rings. The van der Waals surface area contributed by atoms with E-state index in [1.807, 2.05) is 32.0 Å². The smallest absolute Gasteiger partial charge is 0.167 e. The van der Waals surface area contributed by atoms with Gasteiger partial charge in [-0.15, -0.1) is 0 Å². The van der Waals surface area contributed by atoms with Crippen molar-refractivity contribution >= 4 is 0 Å². The van der Waals surface area contributed by atoms with E-state index in [1.165, 1.54) is 0 Å². The van der Waals surface area contributed by atoms with Crippen LogP contribution in [0.3, 0.4) is 0 Å². The first-order valence-electron chi connectivity index (χ1n) is 5.72. The van der Waals surface area contributed by atoms with Gasteiger partial charge in [0.2, 0.25) is 0 Å². The van der Waals surface area contributed by atoms with Gasteiger partial charge in [-0.3, -0.25) is 0 Å². The van der Waals surface area contributed by atoms with Crippen LogP contribution >= 0.6 is 0 Å². The van der Waals surface area contributed by atoms with Crippen LogP contribution < -0.4 is 4.74 Å². The zero-order valence-electron chi connectivity index (χ0n) is 11.0. The first-order chi connectivity index (χ1) is 7.95. The van der Waals surface area contributed by atoms with E-state index in [0.29, 0.717) is 17.9 Å². The Hall–Kier alpha value is -1.51. The maximum absolute atomic E-state index is 13.8. The lowest BCUT2D eigenvalue weighted by Crippen LogP contribution is -2.16. The van der Waals surface area contributed by atoms with Gasteiger partial charge in [-0.25, -0.2) is 4.39 Å². The van der Waals surface area contributed by atoms with Crippen molar-refractivity contribution < 1.29 is 9.13 Å². The summed E-state index contributed by atoms with van der Waals surface area (Å²) in [5.74, 6) is 0.0265. The van der Waals surface area contributed by atoms with E-state index in [2.05, 4.69) is 6.58 Å². The van der Waals surface area contributed by atoms with Gasteiger partial charge in [0.05, 0.1) is 0 Å². The summed E-state index contributed by atoms with van der Waals surface area (Å²) >= 11 is 0. The Bertz CT molecular complexity index is 413. The molecule has 0 radical (unpaired) electrons. The molecule has 0 aliphatic heterocycles. The number of nitrogens with zero attached hydrogens (tertiary/aromatic N) is 1. The molecule has 1 rings (SSSR count). The lowest BCUT2D eigenvalue weighted by atomic mass is 10.1. The summed E-state index contributed by atoms with van der Waals surface area (Å²) in [6.07, 6.45) is 0.867. The van der Waals surface area contributed by atoms with Gasteiger partial charge in [0, 0.05) is 19.8 Å². The quantitative estimate of drug-likeness (QED) is 0.780. The average molecular weight is 237 g/mol. The van der Waals surface area contributed by atoms with Crippen molar-refractivity contribution in [3.63, 3.8) is 0 Å². The van der Waals surface area contributed by atoms with Crippen LogP contribution in [-0.4, -0.2) is 25.6 Å². The molecule has 0 aromatic heterocycles. The van der Waals surface area contributed by atoms with Gasteiger partial charge in [-0.05, 0) is 30.5 Å². The molecule has 0 bridgehead atoms. The monoisotopic (exact) mass is 237 g/mol. The lowest BCUT2D eigenvalue weighted by Gasteiger charge is -2.17. The van der Waals surface area contributed by atoms with Crippen molar-refractivity contribution in [2.75, 3.05) is 20.7 Å². The van der Waals surface area contributed by atoms with Gasteiger partial charge in [0.15, 0.2) is 11.6 Å². The number of aryl methyl sites for hydroxylation is 2. The molecular weight excluding hydrogens is 217 g/mol. The van der Waals surface area contributed by atoms with Gasteiger partial charge < -0.3 is 9.64 Å². The third-order valence-electron chi connectivity index (χ3n) is 2.72. The van der Waals surface area contributed by atoms with Crippen molar-refractivity contribution in [2.24, 2.45) is 0 Å². The molecule has 17 heavy (non-hydrogen) atoms. The summed E-state index contributed by atoms with van der Waals surface area (Å²) in [7, 11) is 3.77. The van der Waals surface area contributed by atoms with Crippen molar-refractivity contribution in [2.45, 2.75) is 20.3 Å². The third kappa shape index (κ3) is 3.48. The van der Waals surface area contributed by atoms with E-state index in [0.717, 1.165) is 17.7 Å². The summed E-state index contributed by atoms with van der Waals surface area (Å²) in [4.78, 5) is 1.86. The zero-order valence-corrected chi connectivity index (χ0v) is 11.0. The predicted molar refractivity (Wildman–Crippen MR) is 68.8 cm³/mol. The predicted octanol–water partition coefficient (Wildman–Crippen LogP) is 3.15. The van der Waals surface area contributed by atoms with Gasteiger partial charge in [0.1, 0.15) is 6.61 Å². The topological polar surface area (TPSA) is 12.5 Å². The van der Waals surface area contributed by atoms with Crippen LogP contribution in [0.5, 0.6) is 5.75 Å². The third-order valence-corrected chi connectivity index (χ3v) is 2.72. The Balaban J connectivity index is 2.83. The summed E-state index contributed by atoms with van der Waals surface area (Å²) in [5, 5.41) is 0. The summed E-state index contributed by atoms with van der Waals surface area (Å²) < 4.78 is 19.3. The van der Waals surface area contributed by atoms with Gasteiger partial charge in [-0.1, -0.05) is 19.6 Å². The van der Waals surface area contributed by atoms with E-state index in [-0.39, 0.29) is 5.82 Å². The Morgan fingerprint density at radius 2 is 2.06 bits per heavy atom. The first-order valence-corrected chi connectivity index (χ1v) is 5.72. The van der Waals surface area contributed by atoms with Gasteiger partial charge in [0.25, 0.3) is 0 Å². The van der Waals surface area contributed by atoms with Crippen LogP contribution in [0.1, 0.15) is 18.1 Å².